The highest BCUT2D eigenvalue weighted by atomic mass is 32.2. The van der Waals surface area contributed by atoms with Crippen molar-refractivity contribution in [2.75, 3.05) is 32.4 Å². The molecule has 1 aromatic heterocycles. The number of aliphatic imine (C=N–C) groups is 1. The summed E-state index contributed by atoms with van der Waals surface area (Å²) >= 11 is 1.97. The van der Waals surface area contributed by atoms with Crippen LogP contribution in [0.3, 0.4) is 0 Å². The van der Waals surface area contributed by atoms with E-state index >= 15 is 0 Å². The number of benzene rings is 1. The first-order valence-electron chi connectivity index (χ1n) is 9.87. The summed E-state index contributed by atoms with van der Waals surface area (Å²) in [6.07, 6.45) is 7.46. The monoisotopic (exact) mass is 385 g/mol. The fourth-order valence-corrected chi connectivity index (χ4v) is 4.52. The molecule has 3 rings (SSSR count). The molecule has 1 fully saturated rings. The van der Waals surface area contributed by atoms with E-state index in [0.29, 0.717) is 0 Å². The molecule has 0 bridgehead atoms. The first-order valence-corrected chi connectivity index (χ1v) is 10.9. The summed E-state index contributed by atoms with van der Waals surface area (Å²) in [6.45, 7) is 6.27. The quantitative estimate of drug-likeness (QED) is 0.326. The van der Waals surface area contributed by atoms with Crippen molar-refractivity contribution in [1.29, 1.82) is 0 Å². The fraction of sp³-hybridized carbons (Fsp3) is 0.524. The number of nitrogens with one attached hydrogen (secondary N) is 1. The number of nitrogens with zero attached hydrogens (tertiary/aromatic N) is 4. The summed E-state index contributed by atoms with van der Waals surface area (Å²) < 4.78 is 2.21. The van der Waals surface area contributed by atoms with Crippen LogP contribution in [0.4, 0.5) is 0 Å². The van der Waals surface area contributed by atoms with Crippen LogP contribution in [0.5, 0.6) is 0 Å². The van der Waals surface area contributed by atoms with Gasteiger partial charge in [0.15, 0.2) is 5.96 Å². The minimum Gasteiger partial charge on any atom is -0.356 e. The number of aromatic nitrogens is 2. The molecule has 1 aromatic carbocycles. The van der Waals surface area contributed by atoms with E-state index < -0.39 is 0 Å². The maximum Gasteiger partial charge on any atom is 0.193 e. The Bertz CT molecular complexity index is 712. The summed E-state index contributed by atoms with van der Waals surface area (Å²) in [6, 6.07) is 10.7. The average molecular weight is 386 g/mol. The van der Waals surface area contributed by atoms with E-state index in [1.807, 2.05) is 25.0 Å². The number of thioether (sulfide) groups is 1. The average Bonchev–Trinajstić information content (AvgIpc) is 3.33. The third kappa shape index (κ3) is 6.03. The number of guanidine groups is 1. The predicted octanol–water partition coefficient (Wildman–Crippen LogP) is 3.66. The molecule has 1 aliphatic rings. The third-order valence-corrected chi connectivity index (χ3v) is 6.30. The first kappa shape index (κ1) is 19.8. The number of rotatable bonds is 8. The lowest BCUT2D eigenvalue weighted by Crippen LogP contribution is -2.40. The van der Waals surface area contributed by atoms with Crippen LogP contribution in [0.2, 0.25) is 0 Å². The second-order valence-corrected chi connectivity index (χ2v) is 8.17. The molecule has 2 heterocycles. The Balaban J connectivity index is 1.34. The molecule has 146 valence electrons. The zero-order valence-electron chi connectivity index (χ0n) is 16.5. The second kappa shape index (κ2) is 10.4. The van der Waals surface area contributed by atoms with Gasteiger partial charge < -0.3 is 14.8 Å². The van der Waals surface area contributed by atoms with Crippen LogP contribution in [0.15, 0.2) is 52.6 Å². The molecule has 2 aromatic rings. The van der Waals surface area contributed by atoms with Crippen molar-refractivity contribution in [3.63, 3.8) is 0 Å². The summed E-state index contributed by atoms with van der Waals surface area (Å²) in [5, 5.41) is 3.54. The predicted molar refractivity (Wildman–Crippen MR) is 114 cm³/mol. The Morgan fingerprint density at radius 3 is 2.89 bits per heavy atom. The molecular weight excluding hydrogens is 354 g/mol. The van der Waals surface area contributed by atoms with Gasteiger partial charge in [-0.2, -0.15) is 0 Å². The molecule has 27 heavy (non-hydrogen) atoms. The molecule has 1 saturated heterocycles. The molecule has 1 aliphatic heterocycles. The van der Waals surface area contributed by atoms with Gasteiger partial charge in [0.2, 0.25) is 0 Å². The van der Waals surface area contributed by atoms with Crippen LogP contribution >= 0.6 is 11.8 Å². The number of likely N-dealkylation sites (tertiary alicyclic amines) is 1. The summed E-state index contributed by atoms with van der Waals surface area (Å²) in [4.78, 5) is 12.5. The Morgan fingerprint density at radius 2 is 2.15 bits per heavy atom. The van der Waals surface area contributed by atoms with Gasteiger partial charge in [-0.25, -0.2) is 4.98 Å². The molecule has 6 heteroatoms. The summed E-state index contributed by atoms with van der Waals surface area (Å²) in [5.41, 5.74) is 0. The normalized spacial score (nSPS) is 17.5. The maximum atomic E-state index is 4.49. The van der Waals surface area contributed by atoms with Crippen molar-refractivity contribution in [3.05, 3.63) is 48.5 Å². The third-order valence-electron chi connectivity index (χ3n) is 5.06. The van der Waals surface area contributed by atoms with E-state index in [-0.39, 0.29) is 0 Å². The lowest BCUT2D eigenvalue weighted by atomic mass is 10.2. The Hall–Kier alpha value is -1.95. The van der Waals surface area contributed by atoms with Gasteiger partial charge in [-0.15, -0.1) is 11.8 Å². The van der Waals surface area contributed by atoms with E-state index in [1.165, 1.54) is 17.1 Å². The second-order valence-electron chi connectivity index (χ2n) is 7.07. The van der Waals surface area contributed by atoms with Gasteiger partial charge >= 0.3 is 0 Å². The number of unbranched alkanes of at least 4 members (excludes halogenated alkanes) is 1. The minimum atomic E-state index is 0.734. The van der Waals surface area contributed by atoms with Gasteiger partial charge in [-0.1, -0.05) is 18.2 Å². The Morgan fingerprint density at radius 1 is 1.30 bits per heavy atom. The lowest BCUT2D eigenvalue weighted by molar-refractivity contribution is 0.471. The van der Waals surface area contributed by atoms with E-state index in [0.717, 1.165) is 56.7 Å². The molecule has 1 N–H and O–H groups in total. The number of hydrogen-bond acceptors (Lipinski definition) is 3. The van der Waals surface area contributed by atoms with Gasteiger partial charge in [-0.05, 0) is 44.2 Å². The molecule has 0 aliphatic carbocycles. The van der Waals surface area contributed by atoms with Crippen LogP contribution < -0.4 is 5.32 Å². The molecule has 1 unspecified atom stereocenters. The van der Waals surface area contributed by atoms with Gasteiger partial charge in [-0.3, -0.25) is 4.99 Å². The molecule has 0 amide bonds. The van der Waals surface area contributed by atoms with Crippen LogP contribution in [-0.4, -0.2) is 52.8 Å². The van der Waals surface area contributed by atoms with E-state index in [4.69, 9.17) is 0 Å². The zero-order chi connectivity index (χ0) is 18.9. The van der Waals surface area contributed by atoms with Crippen LogP contribution in [0.25, 0.3) is 0 Å². The van der Waals surface area contributed by atoms with Gasteiger partial charge in [0.1, 0.15) is 5.82 Å². The standard InChI is InChI=1S/C21H31N5S/c1-18-23-12-15-25(18)13-7-6-11-24-21(22-2)26-14-10-19(16-26)17-27-20-8-4-3-5-9-20/h3-5,8-9,12,15,19H,6-7,10-11,13-14,16-17H2,1-2H3,(H,22,24). The zero-order valence-corrected chi connectivity index (χ0v) is 17.3. The van der Waals surface area contributed by atoms with E-state index in [2.05, 4.69) is 68.2 Å². The van der Waals surface area contributed by atoms with Gasteiger partial charge in [0, 0.05) is 56.3 Å². The van der Waals surface area contributed by atoms with Crippen molar-refractivity contribution in [2.24, 2.45) is 10.9 Å². The molecule has 0 saturated carbocycles. The van der Waals surface area contributed by atoms with Crippen molar-refractivity contribution in [1.82, 2.24) is 19.8 Å². The van der Waals surface area contributed by atoms with E-state index in [1.54, 1.807) is 0 Å². The smallest absolute Gasteiger partial charge is 0.193 e. The topological polar surface area (TPSA) is 45.5 Å². The largest absolute Gasteiger partial charge is 0.356 e. The highest BCUT2D eigenvalue weighted by molar-refractivity contribution is 7.99. The summed E-state index contributed by atoms with van der Waals surface area (Å²) in [5.74, 6) is 4.07. The fourth-order valence-electron chi connectivity index (χ4n) is 3.47. The highest BCUT2D eigenvalue weighted by Crippen LogP contribution is 2.25. The van der Waals surface area contributed by atoms with Crippen molar-refractivity contribution >= 4 is 17.7 Å². The Labute approximate surface area is 167 Å². The van der Waals surface area contributed by atoms with Crippen molar-refractivity contribution in [2.45, 2.75) is 37.6 Å². The van der Waals surface area contributed by atoms with Crippen LogP contribution in [-0.2, 0) is 6.54 Å². The SMILES string of the molecule is CN=C(NCCCCn1ccnc1C)N1CCC(CSc2ccccc2)C1. The van der Waals surface area contributed by atoms with Gasteiger partial charge in [0.05, 0.1) is 0 Å². The van der Waals surface area contributed by atoms with Gasteiger partial charge in [0.25, 0.3) is 0 Å². The van der Waals surface area contributed by atoms with Crippen LogP contribution in [0, 0.1) is 12.8 Å². The molecule has 0 radical (unpaired) electrons. The van der Waals surface area contributed by atoms with Crippen LogP contribution in [0.1, 0.15) is 25.1 Å². The highest BCUT2D eigenvalue weighted by Gasteiger charge is 2.24. The minimum absolute atomic E-state index is 0.734. The Kier molecular flexibility index (Phi) is 7.63. The number of aryl methyl sites for hydroxylation is 2. The van der Waals surface area contributed by atoms with E-state index in [9.17, 15) is 0 Å². The molecular formula is C21H31N5S. The van der Waals surface area contributed by atoms with Crippen molar-refractivity contribution in [3.8, 4) is 0 Å². The summed E-state index contributed by atoms with van der Waals surface area (Å²) in [7, 11) is 1.89. The first-order chi connectivity index (χ1) is 13.3. The van der Waals surface area contributed by atoms with Crippen molar-refractivity contribution < 1.29 is 0 Å². The lowest BCUT2D eigenvalue weighted by Gasteiger charge is -2.21. The number of hydrogen-bond donors (Lipinski definition) is 1. The maximum absolute atomic E-state index is 4.49. The molecule has 0 spiro atoms. The molecule has 5 nitrogen and oxygen atoms in total. The number of imidazole rings is 1. The molecule has 1 atom stereocenters.